The van der Waals surface area contributed by atoms with E-state index in [4.69, 9.17) is 10.5 Å². The zero-order valence-corrected chi connectivity index (χ0v) is 24.9. The van der Waals surface area contributed by atoms with E-state index in [2.05, 4.69) is 10.5 Å². The highest BCUT2D eigenvalue weighted by atomic mass is 19.4. The molecule has 2 aromatic carbocycles. The second kappa shape index (κ2) is 13.6. The number of halogens is 9. The fraction of sp³-hybridized carbons (Fsp3) is 0.517. The number of benzene rings is 2. The van der Waals surface area contributed by atoms with Gasteiger partial charge in [-0.3, -0.25) is 4.90 Å². The van der Waals surface area contributed by atoms with Crippen LogP contribution in [0.2, 0.25) is 0 Å². The van der Waals surface area contributed by atoms with Gasteiger partial charge in [-0.05, 0) is 80.6 Å². The first-order valence-electron chi connectivity index (χ1n) is 14.1. The first kappa shape index (κ1) is 35.6. The quantitative estimate of drug-likeness (QED) is 0.0989. The van der Waals surface area contributed by atoms with Gasteiger partial charge in [0.2, 0.25) is 5.96 Å². The van der Waals surface area contributed by atoms with Crippen molar-refractivity contribution in [2.75, 3.05) is 11.4 Å². The predicted molar refractivity (Wildman–Crippen MR) is 149 cm³/mol. The van der Waals surface area contributed by atoms with Crippen LogP contribution in [0.4, 0.5) is 50.0 Å². The summed E-state index contributed by atoms with van der Waals surface area (Å²) in [4.78, 5) is 15.5. The van der Waals surface area contributed by atoms with Gasteiger partial charge in [-0.1, -0.05) is 13.8 Å². The predicted octanol–water partition coefficient (Wildman–Crippen LogP) is 8.05. The number of carbonyl (C=O) groups is 1. The number of nitrogens with zero attached hydrogens (tertiary/aromatic N) is 3. The molecule has 1 heterocycles. The molecule has 1 aliphatic heterocycles. The average molecular weight is 656 g/mol. The Morgan fingerprint density at radius 2 is 1.56 bits per heavy atom. The number of anilines is 1. The van der Waals surface area contributed by atoms with Crippen molar-refractivity contribution in [1.82, 2.24) is 10.3 Å². The summed E-state index contributed by atoms with van der Waals surface area (Å²) >= 11 is 0. The largest absolute Gasteiger partial charge is 0.446 e. The summed E-state index contributed by atoms with van der Waals surface area (Å²) < 4.78 is 129. The maximum Gasteiger partial charge on any atom is 0.416 e. The molecule has 0 bridgehead atoms. The average Bonchev–Trinajstić information content (AvgIpc) is 2.92. The summed E-state index contributed by atoms with van der Waals surface area (Å²) in [6, 6.07) is 1.81. The maximum absolute atomic E-state index is 13.9. The highest BCUT2D eigenvalue weighted by Crippen LogP contribution is 2.45. The van der Waals surface area contributed by atoms with Crippen LogP contribution in [-0.2, 0) is 29.8 Å². The molecule has 0 aromatic heterocycles. The highest BCUT2D eigenvalue weighted by Gasteiger charge is 2.42. The summed E-state index contributed by atoms with van der Waals surface area (Å²) in [5.74, 6) is -0.393. The van der Waals surface area contributed by atoms with E-state index in [9.17, 15) is 44.3 Å². The van der Waals surface area contributed by atoms with Crippen LogP contribution in [0.5, 0.6) is 0 Å². The SMILES string of the molecule is CCCN/N=C(\N)N(Cc1cc(C(F)(F)F)cc(C(F)(F)F)c1)C1CC(CC)N(C(=O)OC(C)C)c2ccc(C(F)(F)F)cc21. The number of amides is 1. The Balaban J connectivity index is 2.28. The number of ether oxygens (including phenoxy) is 1. The van der Waals surface area contributed by atoms with E-state index in [0.717, 1.165) is 23.1 Å². The normalized spacial score (nSPS) is 17.7. The fourth-order valence-electron chi connectivity index (χ4n) is 5.03. The van der Waals surface area contributed by atoms with E-state index in [1.54, 1.807) is 27.7 Å². The van der Waals surface area contributed by atoms with Gasteiger partial charge in [0, 0.05) is 19.1 Å². The lowest BCUT2D eigenvalue weighted by atomic mass is 9.87. The molecule has 45 heavy (non-hydrogen) atoms. The number of nitrogens with two attached hydrogens (primary N) is 1. The second-order valence-corrected chi connectivity index (χ2v) is 10.8. The molecule has 1 amide bonds. The van der Waals surface area contributed by atoms with E-state index < -0.39 is 77.6 Å². The molecule has 16 heteroatoms. The molecule has 250 valence electrons. The molecule has 0 saturated carbocycles. The van der Waals surface area contributed by atoms with Gasteiger partial charge in [0.05, 0.1) is 34.5 Å². The molecule has 0 radical (unpaired) electrons. The van der Waals surface area contributed by atoms with Crippen molar-refractivity contribution >= 4 is 17.7 Å². The lowest BCUT2D eigenvalue weighted by Crippen LogP contribution is -2.50. The topological polar surface area (TPSA) is 83.2 Å². The molecular weight excluding hydrogens is 621 g/mol. The minimum absolute atomic E-state index is 0.0229. The van der Waals surface area contributed by atoms with Crippen LogP contribution in [0, 0.1) is 0 Å². The number of hydrogen-bond acceptors (Lipinski definition) is 4. The van der Waals surface area contributed by atoms with Gasteiger partial charge in [-0.15, -0.1) is 5.10 Å². The number of guanidine groups is 1. The molecule has 2 unspecified atom stereocenters. The number of carbonyl (C=O) groups excluding carboxylic acids is 1. The molecular formula is C29H34F9N5O2. The molecule has 0 aliphatic carbocycles. The van der Waals surface area contributed by atoms with Crippen molar-refractivity contribution in [2.45, 2.75) is 90.2 Å². The van der Waals surface area contributed by atoms with E-state index in [0.29, 0.717) is 25.1 Å². The minimum atomic E-state index is -5.13. The maximum atomic E-state index is 13.9. The fourth-order valence-corrected chi connectivity index (χ4v) is 5.03. The third-order valence-electron chi connectivity index (χ3n) is 7.06. The van der Waals surface area contributed by atoms with Crippen molar-refractivity contribution in [3.05, 3.63) is 64.2 Å². The van der Waals surface area contributed by atoms with Crippen molar-refractivity contribution in [2.24, 2.45) is 10.8 Å². The standard InChI is InChI=1S/C29H34F9N5O2/c1-5-9-40-41-25(39)42(15-17-10-19(28(33,34)35)12-20(11-17)29(36,37)38)24-14-21(6-2)43(26(44)45-16(3)4)23-8-7-18(13-22(23)24)27(30,31)32/h7-8,10-13,16,21,24,40H,5-6,9,14-15H2,1-4H3,(H2,39,41). The molecule has 7 nitrogen and oxygen atoms in total. The molecule has 3 N–H and O–H groups in total. The van der Waals surface area contributed by atoms with Crippen LogP contribution < -0.4 is 16.1 Å². The number of hydrazone groups is 1. The van der Waals surface area contributed by atoms with E-state index in [-0.39, 0.29) is 30.2 Å². The summed E-state index contributed by atoms with van der Waals surface area (Å²) in [6.45, 7) is 6.28. The first-order valence-corrected chi connectivity index (χ1v) is 14.1. The van der Waals surface area contributed by atoms with Crippen LogP contribution in [-0.4, -0.2) is 35.6 Å². The Morgan fingerprint density at radius 3 is 2.04 bits per heavy atom. The molecule has 2 aromatic rings. The van der Waals surface area contributed by atoms with Crippen molar-refractivity contribution in [3.8, 4) is 0 Å². The lowest BCUT2D eigenvalue weighted by molar-refractivity contribution is -0.143. The number of alkyl halides is 9. The van der Waals surface area contributed by atoms with E-state index in [1.807, 2.05) is 0 Å². The lowest BCUT2D eigenvalue weighted by Gasteiger charge is -2.44. The van der Waals surface area contributed by atoms with Crippen molar-refractivity contribution in [3.63, 3.8) is 0 Å². The molecule has 0 spiro atoms. The number of fused-ring (bicyclic) bond motifs is 1. The third kappa shape index (κ3) is 8.66. The second-order valence-electron chi connectivity index (χ2n) is 10.8. The first-order chi connectivity index (χ1) is 20.8. The van der Waals surface area contributed by atoms with Gasteiger partial charge in [0.25, 0.3) is 0 Å². The van der Waals surface area contributed by atoms with Gasteiger partial charge in [-0.25, -0.2) is 4.79 Å². The molecule has 0 saturated heterocycles. The Bertz CT molecular complexity index is 1340. The Labute approximate surface area is 254 Å². The van der Waals surface area contributed by atoms with Crippen molar-refractivity contribution < 1.29 is 49.0 Å². The summed E-state index contributed by atoms with van der Waals surface area (Å²) in [5, 5.41) is 4.01. The van der Waals surface area contributed by atoms with Gasteiger partial charge in [-0.2, -0.15) is 39.5 Å². The number of hydrogen-bond donors (Lipinski definition) is 2. The summed E-state index contributed by atoms with van der Waals surface area (Å²) in [7, 11) is 0. The monoisotopic (exact) mass is 655 g/mol. The van der Waals surface area contributed by atoms with Crippen LogP contribution in [0.25, 0.3) is 0 Å². The molecule has 3 rings (SSSR count). The molecule has 0 fully saturated rings. The Kier molecular flexibility index (Phi) is 10.8. The van der Waals surface area contributed by atoms with Crippen LogP contribution in [0.1, 0.15) is 80.8 Å². The third-order valence-corrected chi connectivity index (χ3v) is 7.06. The zero-order chi connectivity index (χ0) is 33.9. The summed E-state index contributed by atoms with van der Waals surface area (Å²) in [5.41, 5.74) is 4.15. The van der Waals surface area contributed by atoms with Gasteiger partial charge >= 0.3 is 24.6 Å². The van der Waals surface area contributed by atoms with E-state index >= 15 is 0 Å². The van der Waals surface area contributed by atoms with Crippen LogP contribution in [0.15, 0.2) is 41.5 Å². The van der Waals surface area contributed by atoms with Crippen LogP contribution >= 0.6 is 0 Å². The zero-order valence-electron chi connectivity index (χ0n) is 24.9. The number of nitrogens with one attached hydrogen (secondary N) is 1. The smallest absolute Gasteiger partial charge is 0.416 e. The van der Waals surface area contributed by atoms with Gasteiger partial charge < -0.3 is 20.8 Å². The highest BCUT2D eigenvalue weighted by molar-refractivity contribution is 5.91. The minimum Gasteiger partial charge on any atom is -0.446 e. The van der Waals surface area contributed by atoms with Crippen LogP contribution in [0.3, 0.4) is 0 Å². The molecule has 2 atom stereocenters. The van der Waals surface area contributed by atoms with E-state index in [1.165, 1.54) is 4.90 Å². The molecule has 1 aliphatic rings. The number of rotatable bonds is 8. The Morgan fingerprint density at radius 1 is 0.978 bits per heavy atom. The van der Waals surface area contributed by atoms with Crippen molar-refractivity contribution in [1.29, 1.82) is 0 Å². The van der Waals surface area contributed by atoms with Gasteiger partial charge in [0.15, 0.2) is 0 Å². The Hall–Kier alpha value is -3.85. The summed E-state index contributed by atoms with van der Waals surface area (Å²) in [6.07, 6.45) is -15.7. The van der Waals surface area contributed by atoms with Gasteiger partial charge in [0.1, 0.15) is 0 Å².